The molecule has 3 nitrogen and oxygen atoms in total. The summed E-state index contributed by atoms with van der Waals surface area (Å²) < 4.78 is 37.3. The summed E-state index contributed by atoms with van der Waals surface area (Å²) in [6, 6.07) is 0.0236. The first-order chi connectivity index (χ1) is 7.88. The number of piperidine rings is 1. The number of halogens is 3. The van der Waals surface area contributed by atoms with Crippen LogP contribution in [-0.4, -0.2) is 54.0 Å². The molecule has 1 saturated heterocycles. The average molecular weight is 252 g/mol. The molecule has 1 heterocycles. The molecule has 0 aromatic heterocycles. The molecule has 0 aromatic carbocycles. The van der Waals surface area contributed by atoms with Gasteiger partial charge in [0, 0.05) is 12.6 Å². The van der Waals surface area contributed by atoms with Gasteiger partial charge in [-0.25, -0.2) is 0 Å². The van der Waals surface area contributed by atoms with Gasteiger partial charge in [0.2, 0.25) is 0 Å². The maximum absolute atomic E-state index is 12.4. The summed E-state index contributed by atoms with van der Waals surface area (Å²) in [5.74, 6) is 0. The summed E-state index contributed by atoms with van der Waals surface area (Å²) in [6.07, 6.45) is -1.46. The molecule has 0 bridgehead atoms. The lowest BCUT2D eigenvalue weighted by atomic mass is 9.92. The van der Waals surface area contributed by atoms with Gasteiger partial charge in [-0.15, -0.1) is 0 Å². The Morgan fingerprint density at radius 3 is 2.29 bits per heavy atom. The van der Waals surface area contributed by atoms with Crippen molar-refractivity contribution in [3.05, 3.63) is 0 Å². The van der Waals surface area contributed by atoms with Crippen LogP contribution in [0.5, 0.6) is 0 Å². The molecule has 1 aliphatic heterocycles. The summed E-state index contributed by atoms with van der Waals surface area (Å²) in [7, 11) is 0. The van der Waals surface area contributed by atoms with Crippen LogP contribution in [0.2, 0.25) is 0 Å². The second-order valence-electron chi connectivity index (χ2n) is 5.23. The van der Waals surface area contributed by atoms with Gasteiger partial charge in [0.1, 0.15) is 0 Å². The highest BCUT2D eigenvalue weighted by Crippen LogP contribution is 2.32. The molecule has 6 heteroatoms. The van der Waals surface area contributed by atoms with Gasteiger partial charge >= 0.3 is 6.18 Å². The van der Waals surface area contributed by atoms with Crippen molar-refractivity contribution in [2.75, 3.05) is 26.2 Å². The van der Waals surface area contributed by atoms with E-state index in [-0.39, 0.29) is 12.6 Å². The maximum Gasteiger partial charge on any atom is 0.401 e. The number of alkyl halides is 3. The minimum atomic E-state index is -4.17. The van der Waals surface area contributed by atoms with E-state index >= 15 is 0 Å². The standard InChI is InChI=1S/C11H19F3N2O/c12-11(13,14)8-16(9-1-2-9)7-10(17)3-5-15-6-4-10/h9,15,17H,1-8H2. The highest BCUT2D eigenvalue weighted by Gasteiger charge is 2.42. The quantitative estimate of drug-likeness (QED) is 0.787. The summed E-state index contributed by atoms with van der Waals surface area (Å²) >= 11 is 0. The van der Waals surface area contributed by atoms with Gasteiger partial charge in [-0.2, -0.15) is 13.2 Å². The van der Waals surface area contributed by atoms with E-state index in [0.29, 0.717) is 25.9 Å². The van der Waals surface area contributed by atoms with Crippen LogP contribution in [0.1, 0.15) is 25.7 Å². The van der Waals surface area contributed by atoms with E-state index in [9.17, 15) is 18.3 Å². The highest BCUT2D eigenvalue weighted by atomic mass is 19.4. The van der Waals surface area contributed by atoms with Crippen LogP contribution in [0.3, 0.4) is 0 Å². The Kier molecular flexibility index (Phi) is 3.66. The van der Waals surface area contributed by atoms with E-state index in [1.807, 2.05) is 0 Å². The molecule has 1 saturated carbocycles. The Labute approximate surface area is 99.0 Å². The summed E-state index contributed by atoms with van der Waals surface area (Å²) in [6.45, 7) is 0.619. The predicted octanol–water partition coefficient (Wildman–Crippen LogP) is 1.13. The van der Waals surface area contributed by atoms with Gasteiger partial charge in [0.05, 0.1) is 12.1 Å². The molecular weight excluding hydrogens is 233 g/mol. The van der Waals surface area contributed by atoms with Gasteiger partial charge in [0.25, 0.3) is 0 Å². The molecule has 17 heavy (non-hydrogen) atoms. The van der Waals surface area contributed by atoms with Crippen molar-refractivity contribution in [3.63, 3.8) is 0 Å². The van der Waals surface area contributed by atoms with Crippen LogP contribution in [0.15, 0.2) is 0 Å². The second-order valence-corrected chi connectivity index (χ2v) is 5.23. The average Bonchev–Trinajstić information content (AvgIpc) is 2.97. The Balaban J connectivity index is 1.92. The molecule has 0 atom stereocenters. The van der Waals surface area contributed by atoms with Crippen LogP contribution in [0, 0.1) is 0 Å². The number of hydrogen-bond acceptors (Lipinski definition) is 3. The van der Waals surface area contributed by atoms with Crippen LogP contribution in [0.25, 0.3) is 0 Å². The summed E-state index contributed by atoms with van der Waals surface area (Å²) in [5, 5.41) is 13.4. The van der Waals surface area contributed by atoms with Crippen molar-refractivity contribution in [2.24, 2.45) is 0 Å². The van der Waals surface area contributed by atoms with Gasteiger partial charge in [0.15, 0.2) is 0 Å². The number of aliphatic hydroxyl groups is 1. The molecule has 0 radical (unpaired) electrons. The van der Waals surface area contributed by atoms with E-state index in [1.54, 1.807) is 0 Å². The van der Waals surface area contributed by atoms with Crippen molar-refractivity contribution in [3.8, 4) is 0 Å². The first-order valence-corrected chi connectivity index (χ1v) is 6.12. The molecule has 2 aliphatic rings. The lowest BCUT2D eigenvalue weighted by Gasteiger charge is -2.37. The zero-order chi connectivity index (χ0) is 12.5. The Hall–Kier alpha value is -0.330. The zero-order valence-electron chi connectivity index (χ0n) is 9.76. The monoisotopic (exact) mass is 252 g/mol. The van der Waals surface area contributed by atoms with Crippen LogP contribution >= 0.6 is 0 Å². The van der Waals surface area contributed by atoms with Crippen molar-refractivity contribution >= 4 is 0 Å². The molecule has 0 aromatic rings. The smallest absolute Gasteiger partial charge is 0.388 e. The maximum atomic E-state index is 12.4. The molecule has 100 valence electrons. The molecular formula is C11H19F3N2O. The van der Waals surface area contributed by atoms with Crippen LogP contribution < -0.4 is 5.32 Å². The highest BCUT2D eigenvalue weighted by molar-refractivity contribution is 4.93. The molecule has 2 N–H and O–H groups in total. The fourth-order valence-corrected chi connectivity index (χ4v) is 2.41. The Bertz CT molecular complexity index is 260. The van der Waals surface area contributed by atoms with E-state index < -0.39 is 18.3 Å². The SMILES string of the molecule is OC1(CN(CC(F)(F)F)C2CC2)CCNCC1. The summed E-state index contributed by atoms with van der Waals surface area (Å²) in [5.41, 5.74) is -0.945. The lowest BCUT2D eigenvalue weighted by Crippen LogP contribution is -2.52. The van der Waals surface area contributed by atoms with Crippen LogP contribution in [-0.2, 0) is 0 Å². The number of rotatable bonds is 4. The normalized spacial score (nSPS) is 25.2. The molecule has 1 aliphatic carbocycles. The number of nitrogens with zero attached hydrogens (tertiary/aromatic N) is 1. The second kappa shape index (κ2) is 4.74. The first-order valence-electron chi connectivity index (χ1n) is 6.12. The first kappa shape index (κ1) is 13.1. The van der Waals surface area contributed by atoms with Gasteiger partial charge in [-0.3, -0.25) is 4.90 Å². The third-order valence-corrected chi connectivity index (χ3v) is 3.48. The minimum absolute atomic E-state index is 0.0236. The molecule has 0 spiro atoms. The van der Waals surface area contributed by atoms with Crippen molar-refractivity contribution in [2.45, 2.75) is 43.5 Å². The van der Waals surface area contributed by atoms with Crippen LogP contribution in [0.4, 0.5) is 13.2 Å². The number of hydrogen-bond donors (Lipinski definition) is 2. The topological polar surface area (TPSA) is 35.5 Å². The Morgan fingerprint density at radius 2 is 1.82 bits per heavy atom. The lowest BCUT2D eigenvalue weighted by molar-refractivity contribution is -0.155. The summed E-state index contributed by atoms with van der Waals surface area (Å²) in [4.78, 5) is 1.41. The van der Waals surface area contributed by atoms with Crippen molar-refractivity contribution in [1.82, 2.24) is 10.2 Å². The van der Waals surface area contributed by atoms with E-state index in [4.69, 9.17) is 0 Å². The fourth-order valence-electron chi connectivity index (χ4n) is 2.41. The molecule has 2 rings (SSSR count). The van der Waals surface area contributed by atoms with Gasteiger partial charge < -0.3 is 10.4 Å². The van der Waals surface area contributed by atoms with Crippen molar-refractivity contribution in [1.29, 1.82) is 0 Å². The number of nitrogens with one attached hydrogen (secondary N) is 1. The third kappa shape index (κ3) is 4.12. The molecule has 0 amide bonds. The fraction of sp³-hybridized carbons (Fsp3) is 1.00. The minimum Gasteiger partial charge on any atom is -0.388 e. The largest absolute Gasteiger partial charge is 0.401 e. The predicted molar refractivity (Wildman–Crippen MR) is 57.7 cm³/mol. The van der Waals surface area contributed by atoms with Gasteiger partial charge in [-0.05, 0) is 38.8 Å². The van der Waals surface area contributed by atoms with E-state index in [0.717, 1.165) is 12.8 Å². The van der Waals surface area contributed by atoms with Crippen molar-refractivity contribution < 1.29 is 18.3 Å². The third-order valence-electron chi connectivity index (χ3n) is 3.48. The zero-order valence-corrected chi connectivity index (χ0v) is 9.76. The van der Waals surface area contributed by atoms with E-state index in [1.165, 1.54) is 4.90 Å². The van der Waals surface area contributed by atoms with Gasteiger partial charge in [-0.1, -0.05) is 0 Å². The Morgan fingerprint density at radius 1 is 1.24 bits per heavy atom. The van der Waals surface area contributed by atoms with E-state index in [2.05, 4.69) is 5.32 Å². The molecule has 0 unspecified atom stereocenters. The molecule has 2 fully saturated rings.